The Labute approximate surface area is 109 Å². The first-order chi connectivity index (χ1) is 8.88. The molecule has 1 saturated heterocycles. The minimum Gasteiger partial charge on any atom is -0.394 e. The average molecular weight is 246 g/mol. The van der Waals surface area contributed by atoms with Gasteiger partial charge in [-0.05, 0) is 29.9 Å². The van der Waals surface area contributed by atoms with Gasteiger partial charge in [0.15, 0.2) is 0 Å². The second kappa shape index (κ2) is 5.39. The number of rotatable bonds is 4. The predicted octanol–water partition coefficient (Wildman–Crippen LogP) is 1.50. The molecule has 1 saturated carbocycles. The summed E-state index contributed by atoms with van der Waals surface area (Å²) in [5.41, 5.74) is 2.74. The third-order valence-corrected chi connectivity index (χ3v) is 4.11. The summed E-state index contributed by atoms with van der Waals surface area (Å²) in [5.74, 6) is 0.785. The van der Waals surface area contributed by atoms with Gasteiger partial charge < -0.3 is 10.4 Å². The maximum Gasteiger partial charge on any atom is 0.0628 e. The molecule has 0 radical (unpaired) electrons. The Morgan fingerprint density at radius 1 is 1.28 bits per heavy atom. The SMILES string of the molecule is OCC(c1cccc(C2CC2)c1)N1CCNCC1. The maximum atomic E-state index is 9.71. The van der Waals surface area contributed by atoms with Gasteiger partial charge >= 0.3 is 0 Å². The van der Waals surface area contributed by atoms with Gasteiger partial charge in [-0.3, -0.25) is 4.90 Å². The van der Waals surface area contributed by atoms with Crippen LogP contribution in [0.4, 0.5) is 0 Å². The van der Waals surface area contributed by atoms with Gasteiger partial charge in [0.25, 0.3) is 0 Å². The van der Waals surface area contributed by atoms with Crippen LogP contribution in [0.3, 0.4) is 0 Å². The average Bonchev–Trinajstić information content (AvgIpc) is 3.26. The van der Waals surface area contributed by atoms with Crippen molar-refractivity contribution in [1.29, 1.82) is 0 Å². The Hall–Kier alpha value is -0.900. The van der Waals surface area contributed by atoms with Gasteiger partial charge in [-0.1, -0.05) is 24.3 Å². The Morgan fingerprint density at radius 2 is 2.06 bits per heavy atom. The molecule has 0 spiro atoms. The second-order valence-corrected chi connectivity index (χ2v) is 5.43. The summed E-state index contributed by atoms with van der Waals surface area (Å²) in [6.07, 6.45) is 2.67. The molecule has 1 heterocycles. The highest BCUT2D eigenvalue weighted by molar-refractivity contribution is 5.31. The number of aliphatic hydroxyl groups excluding tert-OH is 1. The summed E-state index contributed by atoms with van der Waals surface area (Å²) in [7, 11) is 0. The lowest BCUT2D eigenvalue weighted by Gasteiger charge is -2.34. The van der Waals surface area contributed by atoms with Crippen LogP contribution in [-0.2, 0) is 0 Å². The topological polar surface area (TPSA) is 35.5 Å². The molecule has 3 rings (SSSR count). The van der Waals surface area contributed by atoms with Crippen molar-refractivity contribution in [3.8, 4) is 0 Å². The minimum atomic E-state index is 0.172. The maximum absolute atomic E-state index is 9.71. The fourth-order valence-electron chi connectivity index (χ4n) is 2.86. The molecule has 2 aliphatic rings. The Morgan fingerprint density at radius 3 is 2.72 bits per heavy atom. The van der Waals surface area contributed by atoms with E-state index in [9.17, 15) is 5.11 Å². The first kappa shape index (κ1) is 12.2. The summed E-state index contributed by atoms with van der Waals surface area (Å²) in [6, 6.07) is 9.02. The Kier molecular flexibility index (Phi) is 3.64. The molecule has 98 valence electrons. The highest BCUT2D eigenvalue weighted by Gasteiger charge is 2.26. The summed E-state index contributed by atoms with van der Waals surface area (Å²) in [4.78, 5) is 2.39. The summed E-state index contributed by atoms with van der Waals surface area (Å²) >= 11 is 0. The molecule has 1 aromatic rings. The van der Waals surface area contributed by atoms with Gasteiger partial charge in [0.2, 0.25) is 0 Å². The van der Waals surface area contributed by atoms with Crippen LogP contribution in [0.25, 0.3) is 0 Å². The van der Waals surface area contributed by atoms with Gasteiger partial charge in [-0.15, -0.1) is 0 Å². The van der Waals surface area contributed by atoms with Crippen molar-refractivity contribution in [1.82, 2.24) is 10.2 Å². The molecule has 18 heavy (non-hydrogen) atoms. The molecule has 1 aromatic carbocycles. The number of hydrogen-bond acceptors (Lipinski definition) is 3. The highest BCUT2D eigenvalue weighted by atomic mass is 16.3. The normalized spacial score (nSPS) is 22.9. The number of nitrogens with one attached hydrogen (secondary N) is 1. The van der Waals surface area contributed by atoms with E-state index in [1.807, 2.05) is 0 Å². The number of nitrogens with zero attached hydrogens (tertiary/aromatic N) is 1. The molecular weight excluding hydrogens is 224 g/mol. The van der Waals surface area contributed by atoms with Crippen LogP contribution in [0.2, 0.25) is 0 Å². The summed E-state index contributed by atoms with van der Waals surface area (Å²) < 4.78 is 0. The third kappa shape index (κ3) is 2.58. The molecule has 1 atom stereocenters. The molecule has 1 aliphatic heterocycles. The number of benzene rings is 1. The Bertz CT molecular complexity index is 397. The lowest BCUT2D eigenvalue weighted by atomic mass is 10.0. The van der Waals surface area contributed by atoms with Gasteiger partial charge in [0.05, 0.1) is 12.6 Å². The van der Waals surface area contributed by atoms with E-state index >= 15 is 0 Å². The van der Waals surface area contributed by atoms with Crippen molar-refractivity contribution in [2.45, 2.75) is 24.8 Å². The van der Waals surface area contributed by atoms with Gasteiger partial charge in [-0.25, -0.2) is 0 Å². The molecule has 0 aromatic heterocycles. The zero-order chi connectivity index (χ0) is 12.4. The van der Waals surface area contributed by atoms with Gasteiger partial charge in [-0.2, -0.15) is 0 Å². The van der Waals surface area contributed by atoms with E-state index in [0.717, 1.165) is 32.1 Å². The second-order valence-electron chi connectivity index (χ2n) is 5.43. The highest BCUT2D eigenvalue weighted by Crippen LogP contribution is 2.40. The monoisotopic (exact) mass is 246 g/mol. The van der Waals surface area contributed by atoms with Crippen molar-refractivity contribution in [2.75, 3.05) is 32.8 Å². The first-order valence-corrected chi connectivity index (χ1v) is 7.04. The zero-order valence-electron chi connectivity index (χ0n) is 10.8. The summed E-state index contributed by atoms with van der Waals surface area (Å²) in [5, 5.41) is 13.1. The van der Waals surface area contributed by atoms with E-state index < -0.39 is 0 Å². The van der Waals surface area contributed by atoms with Crippen molar-refractivity contribution >= 4 is 0 Å². The molecule has 3 heteroatoms. The van der Waals surface area contributed by atoms with Crippen molar-refractivity contribution < 1.29 is 5.11 Å². The van der Waals surface area contributed by atoms with Crippen molar-refractivity contribution in [3.05, 3.63) is 35.4 Å². The zero-order valence-corrected chi connectivity index (χ0v) is 10.8. The Balaban J connectivity index is 1.78. The predicted molar refractivity (Wildman–Crippen MR) is 72.7 cm³/mol. The molecule has 0 amide bonds. The van der Waals surface area contributed by atoms with Crippen LogP contribution < -0.4 is 5.32 Å². The molecular formula is C15H22N2O. The van der Waals surface area contributed by atoms with E-state index in [-0.39, 0.29) is 12.6 Å². The van der Waals surface area contributed by atoms with Crippen LogP contribution in [0.5, 0.6) is 0 Å². The fourth-order valence-corrected chi connectivity index (χ4v) is 2.86. The van der Waals surface area contributed by atoms with Gasteiger partial charge in [0.1, 0.15) is 0 Å². The van der Waals surface area contributed by atoms with Crippen LogP contribution >= 0.6 is 0 Å². The summed E-state index contributed by atoms with van der Waals surface area (Å²) in [6.45, 7) is 4.32. The largest absolute Gasteiger partial charge is 0.394 e. The van der Waals surface area contributed by atoms with E-state index in [0.29, 0.717) is 0 Å². The number of piperazine rings is 1. The standard InChI is InChI=1S/C15H22N2O/c18-11-15(17-8-6-16-7-9-17)14-3-1-2-13(10-14)12-4-5-12/h1-3,10,12,15-16,18H,4-9,11H2. The van der Waals surface area contributed by atoms with Crippen LogP contribution in [-0.4, -0.2) is 42.8 Å². The van der Waals surface area contributed by atoms with E-state index in [1.165, 1.54) is 24.0 Å². The van der Waals surface area contributed by atoms with Gasteiger partial charge in [0, 0.05) is 26.2 Å². The molecule has 2 N–H and O–H groups in total. The fraction of sp³-hybridized carbons (Fsp3) is 0.600. The smallest absolute Gasteiger partial charge is 0.0628 e. The van der Waals surface area contributed by atoms with E-state index in [2.05, 4.69) is 34.5 Å². The molecule has 3 nitrogen and oxygen atoms in total. The van der Waals surface area contributed by atoms with E-state index in [4.69, 9.17) is 0 Å². The van der Waals surface area contributed by atoms with Crippen molar-refractivity contribution in [2.24, 2.45) is 0 Å². The quantitative estimate of drug-likeness (QED) is 0.845. The molecule has 2 fully saturated rings. The van der Waals surface area contributed by atoms with E-state index in [1.54, 1.807) is 0 Å². The molecule has 0 bridgehead atoms. The van der Waals surface area contributed by atoms with Crippen LogP contribution in [0.15, 0.2) is 24.3 Å². The first-order valence-electron chi connectivity index (χ1n) is 7.04. The third-order valence-electron chi connectivity index (χ3n) is 4.11. The number of hydrogen-bond donors (Lipinski definition) is 2. The lowest BCUT2D eigenvalue weighted by molar-refractivity contribution is 0.111. The number of aliphatic hydroxyl groups is 1. The molecule has 1 unspecified atom stereocenters. The lowest BCUT2D eigenvalue weighted by Crippen LogP contribution is -2.46. The van der Waals surface area contributed by atoms with Crippen LogP contribution in [0, 0.1) is 0 Å². The van der Waals surface area contributed by atoms with Crippen molar-refractivity contribution in [3.63, 3.8) is 0 Å². The molecule has 1 aliphatic carbocycles. The van der Waals surface area contributed by atoms with Crippen LogP contribution in [0.1, 0.15) is 35.9 Å². The minimum absolute atomic E-state index is 0.172.